The molecule has 0 unspecified atom stereocenters. The summed E-state index contributed by atoms with van der Waals surface area (Å²) in [6.07, 6.45) is 2.83. The molecule has 1 aromatic heterocycles. The van der Waals surface area contributed by atoms with Crippen LogP contribution in [0, 0.1) is 5.82 Å². The summed E-state index contributed by atoms with van der Waals surface area (Å²) >= 11 is 0. The zero-order valence-corrected chi connectivity index (χ0v) is 11.6. The molecule has 2 aromatic rings. The van der Waals surface area contributed by atoms with Gasteiger partial charge in [0, 0.05) is 18.5 Å². The van der Waals surface area contributed by atoms with E-state index in [4.69, 9.17) is 4.42 Å². The van der Waals surface area contributed by atoms with Crippen molar-refractivity contribution in [2.45, 2.75) is 12.8 Å². The molecule has 7 heteroatoms. The van der Waals surface area contributed by atoms with Crippen molar-refractivity contribution in [3.05, 3.63) is 54.2 Å². The first-order valence-corrected chi connectivity index (χ1v) is 6.54. The molecule has 2 N–H and O–H groups in total. The van der Waals surface area contributed by atoms with Crippen LogP contribution in [0.5, 0.6) is 0 Å². The third-order valence-corrected chi connectivity index (χ3v) is 2.63. The number of amides is 2. The lowest BCUT2D eigenvalue weighted by atomic mass is 10.2. The van der Waals surface area contributed by atoms with Gasteiger partial charge in [-0.3, -0.25) is 9.59 Å². The van der Waals surface area contributed by atoms with Crippen LogP contribution in [0.15, 0.2) is 52.2 Å². The normalized spacial score (nSPS) is 10.6. The third kappa shape index (κ3) is 5.20. The fraction of sp³-hybridized carbons (Fsp3) is 0.133. The number of hydrazone groups is 1. The van der Waals surface area contributed by atoms with Crippen LogP contribution in [0.4, 0.5) is 10.1 Å². The van der Waals surface area contributed by atoms with E-state index in [0.717, 1.165) is 0 Å². The van der Waals surface area contributed by atoms with E-state index in [9.17, 15) is 14.0 Å². The van der Waals surface area contributed by atoms with E-state index in [1.807, 2.05) is 0 Å². The predicted octanol–water partition coefficient (Wildman–Crippen LogP) is 2.29. The van der Waals surface area contributed by atoms with Gasteiger partial charge >= 0.3 is 0 Å². The molecular weight excluding hydrogens is 289 g/mol. The average Bonchev–Trinajstić information content (AvgIpc) is 3.01. The van der Waals surface area contributed by atoms with Gasteiger partial charge in [0.25, 0.3) is 0 Å². The molecule has 114 valence electrons. The highest BCUT2D eigenvalue weighted by atomic mass is 19.1. The molecule has 1 aromatic carbocycles. The molecule has 6 nitrogen and oxygen atoms in total. The van der Waals surface area contributed by atoms with Crippen molar-refractivity contribution in [1.82, 2.24) is 5.43 Å². The van der Waals surface area contributed by atoms with Crippen molar-refractivity contribution in [2.75, 3.05) is 5.32 Å². The monoisotopic (exact) mass is 303 g/mol. The highest BCUT2D eigenvalue weighted by Gasteiger charge is 2.06. The number of rotatable bonds is 6. The van der Waals surface area contributed by atoms with Gasteiger partial charge in [-0.15, -0.1) is 0 Å². The SMILES string of the molecule is O=C(CCC(=O)Nc1ccc(F)cc1)NN=Cc1ccco1. The number of nitrogens with zero attached hydrogens (tertiary/aromatic N) is 1. The van der Waals surface area contributed by atoms with Gasteiger partial charge < -0.3 is 9.73 Å². The smallest absolute Gasteiger partial charge is 0.240 e. The van der Waals surface area contributed by atoms with E-state index >= 15 is 0 Å². The number of halogens is 1. The van der Waals surface area contributed by atoms with Crippen LogP contribution >= 0.6 is 0 Å². The van der Waals surface area contributed by atoms with Crippen molar-refractivity contribution in [3.63, 3.8) is 0 Å². The fourth-order valence-corrected chi connectivity index (χ4v) is 1.57. The first-order chi connectivity index (χ1) is 10.6. The standard InChI is InChI=1S/C15H14FN3O3/c16-11-3-5-12(6-4-11)18-14(20)7-8-15(21)19-17-10-13-2-1-9-22-13/h1-6,9-10H,7-8H2,(H,18,20)(H,19,21). The molecule has 0 radical (unpaired) electrons. The first-order valence-electron chi connectivity index (χ1n) is 6.54. The number of hydrogen-bond donors (Lipinski definition) is 2. The molecule has 0 saturated heterocycles. The lowest BCUT2D eigenvalue weighted by molar-refractivity contribution is -0.124. The molecule has 0 spiro atoms. The molecule has 2 amide bonds. The summed E-state index contributed by atoms with van der Waals surface area (Å²) in [5.74, 6) is -0.602. The quantitative estimate of drug-likeness (QED) is 0.634. The average molecular weight is 303 g/mol. The molecule has 2 rings (SSSR count). The second-order valence-electron chi connectivity index (χ2n) is 4.36. The van der Waals surface area contributed by atoms with E-state index in [2.05, 4.69) is 15.8 Å². The van der Waals surface area contributed by atoms with Crippen LogP contribution in [-0.2, 0) is 9.59 Å². The predicted molar refractivity (Wildman–Crippen MR) is 78.7 cm³/mol. The highest BCUT2D eigenvalue weighted by Crippen LogP contribution is 2.08. The summed E-state index contributed by atoms with van der Waals surface area (Å²) in [5.41, 5.74) is 2.76. The summed E-state index contributed by atoms with van der Waals surface area (Å²) in [6.45, 7) is 0. The van der Waals surface area contributed by atoms with Crippen LogP contribution in [0.2, 0.25) is 0 Å². The molecule has 0 bridgehead atoms. The Labute approximate surface area is 126 Å². The van der Waals surface area contributed by atoms with E-state index in [1.54, 1.807) is 12.1 Å². The van der Waals surface area contributed by atoms with Gasteiger partial charge in [-0.1, -0.05) is 0 Å². The van der Waals surface area contributed by atoms with Crippen LogP contribution in [0.25, 0.3) is 0 Å². The number of furan rings is 1. The summed E-state index contributed by atoms with van der Waals surface area (Å²) in [6, 6.07) is 8.76. The minimum atomic E-state index is -0.392. The van der Waals surface area contributed by atoms with Gasteiger partial charge in [-0.25, -0.2) is 9.82 Å². The summed E-state index contributed by atoms with van der Waals surface area (Å²) in [7, 11) is 0. The molecule has 0 aliphatic carbocycles. The molecule has 0 aliphatic heterocycles. The Kier molecular flexibility index (Phi) is 5.42. The number of benzene rings is 1. The zero-order valence-electron chi connectivity index (χ0n) is 11.6. The van der Waals surface area contributed by atoms with Crippen LogP contribution in [-0.4, -0.2) is 18.0 Å². The minimum Gasteiger partial charge on any atom is -0.463 e. The summed E-state index contributed by atoms with van der Waals surface area (Å²) in [5, 5.41) is 6.26. The van der Waals surface area contributed by atoms with Gasteiger partial charge in [0.15, 0.2) is 0 Å². The molecule has 22 heavy (non-hydrogen) atoms. The zero-order chi connectivity index (χ0) is 15.8. The van der Waals surface area contributed by atoms with Crippen LogP contribution in [0.3, 0.4) is 0 Å². The van der Waals surface area contributed by atoms with Crippen molar-refractivity contribution in [3.8, 4) is 0 Å². The van der Waals surface area contributed by atoms with E-state index in [1.165, 1.54) is 36.7 Å². The van der Waals surface area contributed by atoms with Gasteiger partial charge in [0.05, 0.1) is 12.5 Å². The Hall–Kier alpha value is -2.96. The Bertz CT molecular complexity index is 651. The molecule has 0 atom stereocenters. The van der Waals surface area contributed by atoms with E-state index < -0.39 is 5.91 Å². The second kappa shape index (κ2) is 7.72. The summed E-state index contributed by atoms with van der Waals surface area (Å²) in [4.78, 5) is 23.1. The van der Waals surface area contributed by atoms with Gasteiger partial charge in [0.2, 0.25) is 11.8 Å². The van der Waals surface area contributed by atoms with E-state index in [-0.39, 0.29) is 24.6 Å². The summed E-state index contributed by atoms with van der Waals surface area (Å²) < 4.78 is 17.7. The molecule has 0 saturated carbocycles. The lowest BCUT2D eigenvalue weighted by Crippen LogP contribution is -2.20. The number of anilines is 1. The Balaban J connectivity index is 1.69. The number of hydrogen-bond acceptors (Lipinski definition) is 4. The maximum atomic E-state index is 12.7. The second-order valence-corrected chi connectivity index (χ2v) is 4.36. The largest absolute Gasteiger partial charge is 0.463 e. The lowest BCUT2D eigenvalue weighted by Gasteiger charge is -2.04. The molecular formula is C15H14FN3O3. The maximum absolute atomic E-state index is 12.7. The van der Waals surface area contributed by atoms with Crippen molar-refractivity contribution < 1.29 is 18.4 Å². The maximum Gasteiger partial charge on any atom is 0.240 e. The van der Waals surface area contributed by atoms with Crippen molar-refractivity contribution >= 4 is 23.7 Å². The van der Waals surface area contributed by atoms with Gasteiger partial charge in [0.1, 0.15) is 11.6 Å². The number of nitrogens with one attached hydrogen (secondary N) is 2. The molecule has 1 heterocycles. The Morgan fingerprint density at radius 1 is 1.14 bits per heavy atom. The Morgan fingerprint density at radius 2 is 1.86 bits per heavy atom. The highest BCUT2D eigenvalue weighted by molar-refractivity contribution is 5.93. The number of carbonyl (C=O) groups excluding carboxylic acids is 2. The minimum absolute atomic E-state index is 0.000514. The van der Waals surface area contributed by atoms with Crippen molar-refractivity contribution in [2.24, 2.45) is 5.10 Å². The van der Waals surface area contributed by atoms with Crippen LogP contribution in [0.1, 0.15) is 18.6 Å². The van der Waals surface area contributed by atoms with Crippen LogP contribution < -0.4 is 10.7 Å². The topological polar surface area (TPSA) is 83.7 Å². The molecule has 0 aliphatic rings. The Morgan fingerprint density at radius 3 is 2.55 bits per heavy atom. The number of carbonyl (C=O) groups is 2. The van der Waals surface area contributed by atoms with Gasteiger partial charge in [-0.05, 0) is 36.4 Å². The van der Waals surface area contributed by atoms with E-state index in [0.29, 0.717) is 11.4 Å². The fourth-order valence-electron chi connectivity index (χ4n) is 1.57. The molecule has 0 fully saturated rings. The first kappa shape index (κ1) is 15.4. The van der Waals surface area contributed by atoms with Gasteiger partial charge in [-0.2, -0.15) is 5.10 Å². The third-order valence-electron chi connectivity index (χ3n) is 2.63. The van der Waals surface area contributed by atoms with Crippen molar-refractivity contribution in [1.29, 1.82) is 0 Å².